The summed E-state index contributed by atoms with van der Waals surface area (Å²) in [4.78, 5) is 26.2. The molecule has 0 radical (unpaired) electrons. The molecule has 0 aromatic carbocycles. The molecular formula is C10H9N3O3. The fourth-order valence-electron chi connectivity index (χ4n) is 1.34. The fourth-order valence-corrected chi connectivity index (χ4v) is 1.34. The fraction of sp³-hybridized carbons (Fsp3) is 0.200. The number of rotatable bonds is 3. The molecule has 0 saturated carbocycles. The van der Waals surface area contributed by atoms with Crippen LogP contribution in [0, 0.1) is 0 Å². The molecule has 2 aromatic heterocycles. The van der Waals surface area contributed by atoms with Gasteiger partial charge in [-0.15, -0.1) is 0 Å². The maximum absolute atomic E-state index is 11.6. The van der Waals surface area contributed by atoms with E-state index in [1.54, 1.807) is 13.0 Å². The maximum Gasteiger partial charge on any atom is 0.357 e. The van der Waals surface area contributed by atoms with E-state index in [2.05, 4.69) is 10.1 Å². The Morgan fingerprint density at radius 3 is 3.12 bits per heavy atom. The minimum absolute atomic E-state index is 0.177. The lowest BCUT2D eigenvalue weighted by molar-refractivity contribution is 0.0516. The highest BCUT2D eigenvalue weighted by molar-refractivity contribution is 5.90. The van der Waals surface area contributed by atoms with E-state index in [-0.39, 0.29) is 18.0 Å². The second kappa shape index (κ2) is 4.09. The third-order valence-electron chi connectivity index (χ3n) is 1.98. The number of hydrogen-bond donors (Lipinski definition) is 0. The van der Waals surface area contributed by atoms with Crippen molar-refractivity contribution in [3.8, 4) is 0 Å². The van der Waals surface area contributed by atoms with Crippen LogP contribution in [-0.4, -0.2) is 33.5 Å². The molecule has 0 saturated heterocycles. The van der Waals surface area contributed by atoms with Gasteiger partial charge in [0, 0.05) is 12.1 Å². The number of nitrogens with zero attached hydrogens (tertiary/aromatic N) is 3. The number of aromatic nitrogens is 3. The van der Waals surface area contributed by atoms with Gasteiger partial charge in [0.1, 0.15) is 5.69 Å². The molecule has 0 amide bonds. The molecule has 0 spiro atoms. The molecule has 6 nitrogen and oxygen atoms in total. The Hall–Kier alpha value is -2.24. The van der Waals surface area contributed by atoms with Crippen LogP contribution in [0.25, 0.3) is 5.65 Å². The topological polar surface area (TPSA) is 73.6 Å². The summed E-state index contributed by atoms with van der Waals surface area (Å²) in [6.07, 6.45) is 2.08. The van der Waals surface area contributed by atoms with Crippen LogP contribution in [0.3, 0.4) is 0 Å². The Balaban J connectivity index is 2.60. The highest BCUT2D eigenvalue weighted by Crippen LogP contribution is 2.07. The molecule has 2 aromatic rings. The first kappa shape index (κ1) is 10.3. The Kier molecular flexibility index (Phi) is 2.63. The number of carbonyl (C=O) groups excluding carboxylic acids is 2. The van der Waals surface area contributed by atoms with Crippen LogP contribution in [0.2, 0.25) is 0 Å². The zero-order valence-corrected chi connectivity index (χ0v) is 8.58. The molecule has 0 aliphatic rings. The zero-order valence-electron chi connectivity index (χ0n) is 8.58. The number of esters is 1. The SMILES string of the molecule is CCOC(=O)c1cc(C=O)nc2ccnn12. The van der Waals surface area contributed by atoms with E-state index in [0.717, 1.165) is 0 Å². The van der Waals surface area contributed by atoms with E-state index in [0.29, 0.717) is 11.9 Å². The second-order valence-electron chi connectivity index (χ2n) is 3.01. The Labute approximate surface area is 90.9 Å². The van der Waals surface area contributed by atoms with Crippen molar-refractivity contribution in [2.75, 3.05) is 6.61 Å². The molecule has 0 N–H and O–H groups in total. The van der Waals surface area contributed by atoms with E-state index in [4.69, 9.17) is 4.74 Å². The smallest absolute Gasteiger partial charge is 0.357 e. The van der Waals surface area contributed by atoms with Crippen molar-refractivity contribution in [3.05, 3.63) is 29.7 Å². The summed E-state index contributed by atoms with van der Waals surface area (Å²) in [5.74, 6) is -0.526. The van der Waals surface area contributed by atoms with Crippen molar-refractivity contribution in [3.63, 3.8) is 0 Å². The van der Waals surface area contributed by atoms with Crippen LogP contribution in [0.1, 0.15) is 27.9 Å². The lowest BCUT2D eigenvalue weighted by atomic mass is 10.3. The first-order valence-corrected chi connectivity index (χ1v) is 4.73. The minimum Gasteiger partial charge on any atom is -0.461 e. The standard InChI is InChI=1S/C10H9N3O3/c1-2-16-10(15)8-5-7(6-14)12-9-3-4-11-13(8)9/h3-6H,2H2,1H3. The van der Waals surface area contributed by atoms with Crippen LogP contribution in [-0.2, 0) is 4.74 Å². The lowest BCUT2D eigenvalue weighted by Crippen LogP contribution is -2.12. The summed E-state index contributed by atoms with van der Waals surface area (Å²) in [6, 6.07) is 2.96. The van der Waals surface area contributed by atoms with Gasteiger partial charge in [0.05, 0.1) is 12.8 Å². The minimum atomic E-state index is -0.526. The molecular weight excluding hydrogens is 210 g/mol. The Morgan fingerprint density at radius 2 is 2.44 bits per heavy atom. The largest absolute Gasteiger partial charge is 0.461 e. The average Bonchev–Trinajstić information content (AvgIpc) is 2.75. The van der Waals surface area contributed by atoms with Crippen LogP contribution < -0.4 is 0 Å². The molecule has 82 valence electrons. The van der Waals surface area contributed by atoms with Crippen molar-refractivity contribution in [2.24, 2.45) is 0 Å². The van der Waals surface area contributed by atoms with Gasteiger partial charge in [-0.25, -0.2) is 14.3 Å². The average molecular weight is 219 g/mol. The van der Waals surface area contributed by atoms with E-state index in [1.807, 2.05) is 0 Å². The first-order valence-electron chi connectivity index (χ1n) is 4.73. The third kappa shape index (κ3) is 1.65. The molecule has 0 bridgehead atoms. The molecule has 0 aliphatic carbocycles. The summed E-state index contributed by atoms with van der Waals surface area (Å²) in [5.41, 5.74) is 0.808. The van der Waals surface area contributed by atoms with Crippen LogP contribution >= 0.6 is 0 Å². The van der Waals surface area contributed by atoms with E-state index in [1.165, 1.54) is 16.8 Å². The van der Waals surface area contributed by atoms with Gasteiger partial charge in [-0.2, -0.15) is 5.10 Å². The van der Waals surface area contributed by atoms with Gasteiger partial charge >= 0.3 is 5.97 Å². The number of carbonyl (C=O) groups is 2. The quantitative estimate of drug-likeness (QED) is 0.561. The van der Waals surface area contributed by atoms with Crippen LogP contribution in [0.15, 0.2) is 18.3 Å². The molecule has 0 fully saturated rings. The molecule has 0 atom stereocenters. The summed E-state index contributed by atoms with van der Waals surface area (Å²) >= 11 is 0. The van der Waals surface area contributed by atoms with Gasteiger partial charge < -0.3 is 4.74 Å². The van der Waals surface area contributed by atoms with E-state index in [9.17, 15) is 9.59 Å². The van der Waals surface area contributed by atoms with Crippen molar-refractivity contribution < 1.29 is 14.3 Å². The van der Waals surface area contributed by atoms with Gasteiger partial charge in [-0.3, -0.25) is 4.79 Å². The molecule has 0 unspecified atom stereocenters. The number of aldehydes is 1. The Bertz CT molecular complexity index is 547. The predicted octanol–water partition coefficient (Wildman–Crippen LogP) is 0.718. The van der Waals surface area contributed by atoms with Crippen LogP contribution in [0.4, 0.5) is 0 Å². The summed E-state index contributed by atoms with van der Waals surface area (Å²) < 4.78 is 6.20. The van der Waals surface area contributed by atoms with Crippen molar-refractivity contribution in [1.29, 1.82) is 0 Å². The summed E-state index contributed by atoms with van der Waals surface area (Å²) in [5, 5.41) is 3.93. The molecule has 0 aliphatic heterocycles. The monoisotopic (exact) mass is 219 g/mol. The number of ether oxygens (including phenoxy) is 1. The van der Waals surface area contributed by atoms with Crippen molar-refractivity contribution in [2.45, 2.75) is 6.92 Å². The molecule has 6 heteroatoms. The van der Waals surface area contributed by atoms with E-state index < -0.39 is 5.97 Å². The summed E-state index contributed by atoms with van der Waals surface area (Å²) in [7, 11) is 0. The first-order chi connectivity index (χ1) is 7.76. The lowest BCUT2D eigenvalue weighted by Gasteiger charge is -2.04. The Morgan fingerprint density at radius 1 is 1.62 bits per heavy atom. The third-order valence-corrected chi connectivity index (χ3v) is 1.98. The normalized spacial score (nSPS) is 10.3. The van der Waals surface area contributed by atoms with Crippen LogP contribution in [0.5, 0.6) is 0 Å². The van der Waals surface area contributed by atoms with Crippen molar-refractivity contribution >= 4 is 17.9 Å². The highest BCUT2D eigenvalue weighted by Gasteiger charge is 2.14. The summed E-state index contributed by atoms with van der Waals surface area (Å²) in [6.45, 7) is 1.97. The van der Waals surface area contributed by atoms with Gasteiger partial charge in [0.15, 0.2) is 17.6 Å². The highest BCUT2D eigenvalue weighted by atomic mass is 16.5. The predicted molar refractivity (Wildman–Crippen MR) is 54.3 cm³/mol. The van der Waals surface area contributed by atoms with Gasteiger partial charge in [0.2, 0.25) is 0 Å². The van der Waals surface area contributed by atoms with Gasteiger partial charge in [0.25, 0.3) is 0 Å². The molecule has 2 heterocycles. The molecule has 2 rings (SSSR count). The van der Waals surface area contributed by atoms with E-state index >= 15 is 0 Å². The van der Waals surface area contributed by atoms with Gasteiger partial charge in [-0.05, 0) is 6.92 Å². The van der Waals surface area contributed by atoms with Gasteiger partial charge in [-0.1, -0.05) is 0 Å². The van der Waals surface area contributed by atoms with Crippen molar-refractivity contribution in [1.82, 2.24) is 14.6 Å². The number of hydrogen-bond acceptors (Lipinski definition) is 5. The zero-order chi connectivity index (χ0) is 11.5. The second-order valence-corrected chi connectivity index (χ2v) is 3.01. The molecule has 16 heavy (non-hydrogen) atoms. The number of fused-ring (bicyclic) bond motifs is 1. The maximum atomic E-state index is 11.6.